The highest BCUT2D eigenvalue weighted by Crippen LogP contribution is 2.19. The van der Waals surface area contributed by atoms with Crippen molar-refractivity contribution in [3.63, 3.8) is 0 Å². The molecule has 2 aromatic heterocycles. The largest absolute Gasteiger partial charge is 0.463 e. The third-order valence-electron chi connectivity index (χ3n) is 2.46. The number of furan rings is 1. The Hall–Kier alpha value is -2.62. The number of benzene rings is 1. The van der Waals surface area contributed by atoms with Crippen LogP contribution in [0.15, 0.2) is 65.4 Å². The standard InChI is InChI=1S/C14H11N3O/c1-2-5-11(6-3-1)16-14-15-9-8-12(17-14)13-7-4-10-18-13/h1-10H,(H,15,16,17). The molecule has 3 aromatic rings. The molecule has 4 heteroatoms. The molecule has 0 aliphatic carbocycles. The average Bonchev–Trinajstić information content (AvgIpc) is 2.94. The predicted molar refractivity (Wildman–Crippen MR) is 69.5 cm³/mol. The highest BCUT2D eigenvalue weighted by molar-refractivity contribution is 5.57. The first-order chi connectivity index (χ1) is 8.92. The number of para-hydroxylation sites is 1. The van der Waals surface area contributed by atoms with Crippen LogP contribution in [0.25, 0.3) is 11.5 Å². The first-order valence-corrected chi connectivity index (χ1v) is 5.61. The first-order valence-electron chi connectivity index (χ1n) is 5.61. The molecular weight excluding hydrogens is 226 g/mol. The molecule has 0 aliphatic heterocycles. The van der Waals surface area contributed by atoms with Gasteiger partial charge < -0.3 is 9.73 Å². The maximum atomic E-state index is 5.31. The van der Waals surface area contributed by atoms with Crippen molar-refractivity contribution in [3.05, 3.63) is 61.0 Å². The lowest BCUT2D eigenvalue weighted by Gasteiger charge is -2.04. The number of rotatable bonds is 3. The van der Waals surface area contributed by atoms with E-state index in [1.165, 1.54) is 0 Å². The Balaban J connectivity index is 1.88. The van der Waals surface area contributed by atoms with Crippen LogP contribution in [-0.4, -0.2) is 9.97 Å². The predicted octanol–water partition coefficient (Wildman–Crippen LogP) is 3.48. The van der Waals surface area contributed by atoms with Gasteiger partial charge in [-0.25, -0.2) is 9.97 Å². The van der Waals surface area contributed by atoms with Crippen LogP contribution in [0.2, 0.25) is 0 Å². The van der Waals surface area contributed by atoms with Gasteiger partial charge in [-0.05, 0) is 30.3 Å². The molecule has 0 saturated heterocycles. The summed E-state index contributed by atoms with van der Waals surface area (Å²) in [5.74, 6) is 1.28. The van der Waals surface area contributed by atoms with Crippen LogP contribution in [0, 0.1) is 0 Å². The molecule has 0 saturated carbocycles. The summed E-state index contributed by atoms with van der Waals surface area (Å²) in [6.07, 6.45) is 3.33. The summed E-state index contributed by atoms with van der Waals surface area (Å²) in [6.45, 7) is 0. The molecule has 4 nitrogen and oxygen atoms in total. The number of hydrogen-bond donors (Lipinski definition) is 1. The van der Waals surface area contributed by atoms with Gasteiger partial charge in [-0.15, -0.1) is 0 Å². The number of aromatic nitrogens is 2. The maximum absolute atomic E-state index is 5.31. The molecule has 0 fully saturated rings. The monoisotopic (exact) mass is 237 g/mol. The molecule has 0 aliphatic rings. The van der Waals surface area contributed by atoms with E-state index in [4.69, 9.17) is 4.42 Å². The Kier molecular flexibility index (Phi) is 2.75. The van der Waals surface area contributed by atoms with E-state index < -0.39 is 0 Å². The molecule has 2 heterocycles. The lowest BCUT2D eigenvalue weighted by Crippen LogP contribution is -1.97. The molecule has 0 unspecified atom stereocenters. The van der Waals surface area contributed by atoms with Crippen LogP contribution in [0.3, 0.4) is 0 Å². The van der Waals surface area contributed by atoms with E-state index in [1.54, 1.807) is 12.5 Å². The van der Waals surface area contributed by atoms with Crippen molar-refractivity contribution < 1.29 is 4.42 Å². The smallest absolute Gasteiger partial charge is 0.227 e. The summed E-state index contributed by atoms with van der Waals surface area (Å²) >= 11 is 0. The summed E-state index contributed by atoms with van der Waals surface area (Å²) in [5, 5.41) is 3.14. The van der Waals surface area contributed by atoms with Gasteiger partial charge in [0.25, 0.3) is 0 Å². The molecule has 18 heavy (non-hydrogen) atoms. The van der Waals surface area contributed by atoms with Gasteiger partial charge in [0.2, 0.25) is 5.95 Å². The van der Waals surface area contributed by atoms with Crippen LogP contribution < -0.4 is 5.32 Å². The van der Waals surface area contributed by atoms with Crippen LogP contribution in [-0.2, 0) is 0 Å². The highest BCUT2D eigenvalue weighted by atomic mass is 16.3. The van der Waals surface area contributed by atoms with Crippen molar-refractivity contribution in [3.8, 4) is 11.5 Å². The number of nitrogens with one attached hydrogen (secondary N) is 1. The maximum Gasteiger partial charge on any atom is 0.227 e. The molecular formula is C14H11N3O. The van der Waals surface area contributed by atoms with Gasteiger partial charge >= 0.3 is 0 Å². The highest BCUT2D eigenvalue weighted by Gasteiger charge is 2.04. The lowest BCUT2D eigenvalue weighted by molar-refractivity contribution is 0.580. The van der Waals surface area contributed by atoms with Gasteiger partial charge in [-0.2, -0.15) is 0 Å². The Morgan fingerprint density at radius 2 is 1.83 bits per heavy atom. The molecule has 3 rings (SSSR count). The van der Waals surface area contributed by atoms with Gasteiger partial charge in [-0.3, -0.25) is 0 Å². The van der Waals surface area contributed by atoms with E-state index in [2.05, 4.69) is 15.3 Å². The molecule has 0 spiro atoms. The lowest BCUT2D eigenvalue weighted by atomic mass is 10.3. The normalized spacial score (nSPS) is 10.2. The van der Waals surface area contributed by atoms with Crippen molar-refractivity contribution in [2.75, 3.05) is 5.32 Å². The topological polar surface area (TPSA) is 51.0 Å². The quantitative estimate of drug-likeness (QED) is 0.757. The van der Waals surface area contributed by atoms with Gasteiger partial charge in [0, 0.05) is 11.9 Å². The van der Waals surface area contributed by atoms with Gasteiger partial charge in [0.15, 0.2) is 5.76 Å². The molecule has 0 radical (unpaired) electrons. The molecule has 0 bridgehead atoms. The molecule has 1 aromatic carbocycles. The van der Waals surface area contributed by atoms with Crippen LogP contribution in [0.5, 0.6) is 0 Å². The Bertz CT molecular complexity index is 621. The van der Waals surface area contributed by atoms with E-state index in [9.17, 15) is 0 Å². The third kappa shape index (κ3) is 2.22. The third-order valence-corrected chi connectivity index (χ3v) is 2.46. The van der Waals surface area contributed by atoms with Crippen molar-refractivity contribution in [2.24, 2.45) is 0 Å². The van der Waals surface area contributed by atoms with Crippen LogP contribution in [0.1, 0.15) is 0 Å². The van der Waals surface area contributed by atoms with Crippen molar-refractivity contribution in [1.82, 2.24) is 9.97 Å². The van der Waals surface area contributed by atoms with Crippen molar-refractivity contribution in [2.45, 2.75) is 0 Å². The summed E-state index contributed by atoms with van der Waals surface area (Å²) in [4.78, 5) is 8.58. The van der Waals surface area contributed by atoms with Crippen LogP contribution in [0.4, 0.5) is 11.6 Å². The minimum absolute atomic E-state index is 0.551. The number of nitrogens with zero attached hydrogens (tertiary/aromatic N) is 2. The zero-order valence-electron chi connectivity index (χ0n) is 9.58. The van der Waals surface area contributed by atoms with Crippen molar-refractivity contribution >= 4 is 11.6 Å². The summed E-state index contributed by atoms with van der Waals surface area (Å²) in [5.41, 5.74) is 1.71. The van der Waals surface area contributed by atoms with Gasteiger partial charge in [-0.1, -0.05) is 18.2 Å². The number of hydrogen-bond acceptors (Lipinski definition) is 4. The SMILES string of the molecule is c1ccc(Nc2nccc(-c3ccco3)n2)cc1. The Morgan fingerprint density at radius 1 is 0.944 bits per heavy atom. The molecule has 0 amide bonds. The van der Waals surface area contributed by atoms with E-state index in [0.29, 0.717) is 5.95 Å². The Morgan fingerprint density at radius 3 is 2.61 bits per heavy atom. The minimum Gasteiger partial charge on any atom is -0.463 e. The van der Waals surface area contributed by atoms with E-state index in [0.717, 1.165) is 17.1 Å². The second-order valence-electron chi connectivity index (χ2n) is 3.73. The average molecular weight is 237 g/mol. The zero-order chi connectivity index (χ0) is 12.2. The fourth-order valence-corrected chi connectivity index (χ4v) is 1.63. The van der Waals surface area contributed by atoms with E-state index in [-0.39, 0.29) is 0 Å². The van der Waals surface area contributed by atoms with Gasteiger partial charge in [0.05, 0.1) is 6.26 Å². The molecule has 1 N–H and O–H groups in total. The van der Waals surface area contributed by atoms with E-state index >= 15 is 0 Å². The minimum atomic E-state index is 0.551. The summed E-state index contributed by atoms with van der Waals surface area (Å²) < 4.78 is 5.31. The van der Waals surface area contributed by atoms with Gasteiger partial charge in [0.1, 0.15) is 5.69 Å². The second-order valence-corrected chi connectivity index (χ2v) is 3.73. The summed E-state index contributed by atoms with van der Waals surface area (Å²) in [7, 11) is 0. The Labute approximate surface area is 104 Å². The zero-order valence-corrected chi connectivity index (χ0v) is 9.58. The van der Waals surface area contributed by atoms with E-state index in [1.807, 2.05) is 48.5 Å². The molecule has 0 atom stereocenters. The van der Waals surface area contributed by atoms with Crippen LogP contribution >= 0.6 is 0 Å². The van der Waals surface area contributed by atoms with Crippen molar-refractivity contribution in [1.29, 1.82) is 0 Å². The molecule has 88 valence electrons. The fourth-order valence-electron chi connectivity index (χ4n) is 1.63. The first kappa shape index (κ1) is 10.5. The second kappa shape index (κ2) is 4.71. The number of anilines is 2. The fraction of sp³-hybridized carbons (Fsp3) is 0. The summed E-state index contributed by atoms with van der Waals surface area (Å²) in [6, 6.07) is 15.3.